The zero-order valence-electron chi connectivity index (χ0n) is 18.4. The molecule has 2 atom stereocenters. The Hall–Kier alpha value is -2.40. The normalized spacial score (nSPS) is 22.8. The largest absolute Gasteiger partial charge is 0.497 e. The lowest BCUT2D eigenvalue weighted by Crippen LogP contribution is -2.52. The number of anilines is 1. The van der Waals surface area contributed by atoms with E-state index in [2.05, 4.69) is 0 Å². The third-order valence-electron chi connectivity index (χ3n) is 6.12. The Bertz CT molecular complexity index is 1060. The van der Waals surface area contributed by atoms with Gasteiger partial charge in [-0.3, -0.25) is 4.84 Å². The summed E-state index contributed by atoms with van der Waals surface area (Å²) in [5, 5.41) is 0.753. The Morgan fingerprint density at radius 3 is 2.41 bits per heavy atom. The molecule has 0 radical (unpaired) electrons. The van der Waals surface area contributed by atoms with Crippen molar-refractivity contribution < 1.29 is 27.1 Å². The fraction of sp³-hybridized carbons (Fsp3) is 0.455. The number of hydrogen-bond donors (Lipinski definition) is 0. The molecule has 0 aromatic heterocycles. The van der Waals surface area contributed by atoms with Crippen LogP contribution in [0, 0.1) is 5.82 Å². The first-order valence-electron chi connectivity index (χ1n) is 10.4. The first-order valence-corrected chi connectivity index (χ1v) is 11.9. The molecular formula is C22H28FN3O5S. The van der Waals surface area contributed by atoms with E-state index in [9.17, 15) is 12.8 Å². The minimum atomic E-state index is -3.70. The van der Waals surface area contributed by atoms with Crippen LogP contribution in [0.25, 0.3) is 0 Å². The van der Waals surface area contributed by atoms with Crippen LogP contribution < -0.4 is 14.4 Å². The minimum absolute atomic E-state index is 0.0391. The van der Waals surface area contributed by atoms with Crippen molar-refractivity contribution in [2.45, 2.75) is 11.3 Å². The lowest BCUT2D eigenvalue weighted by molar-refractivity contribution is -0.110. The highest BCUT2D eigenvalue weighted by molar-refractivity contribution is 7.89. The molecule has 2 aliphatic heterocycles. The van der Waals surface area contributed by atoms with E-state index in [1.165, 1.54) is 10.4 Å². The molecule has 0 amide bonds. The molecule has 8 nitrogen and oxygen atoms in total. The number of hydrogen-bond acceptors (Lipinski definition) is 7. The average Bonchev–Trinajstić information content (AvgIpc) is 3.21. The van der Waals surface area contributed by atoms with Gasteiger partial charge < -0.3 is 14.4 Å². The first kappa shape index (κ1) is 22.8. The highest BCUT2D eigenvalue weighted by Gasteiger charge is 2.47. The summed E-state index contributed by atoms with van der Waals surface area (Å²) in [4.78, 5) is 7.54. The molecule has 10 heteroatoms. The van der Waals surface area contributed by atoms with Gasteiger partial charge in [0.2, 0.25) is 10.0 Å². The maximum absolute atomic E-state index is 14.1. The number of para-hydroxylation sites is 1. The van der Waals surface area contributed by atoms with Gasteiger partial charge in [-0.25, -0.2) is 12.8 Å². The number of ether oxygens (including phenoxy) is 2. The monoisotopic (exact) mass is 465 g/mol. The van der Waals surface area contributed by atoms with Gasteiger partial charge in [0.15, 0.2) is 0 Å². The Balaban J connectivity index is 1.57. The first-order chi connectivity index (χ1) is 15.4. The van der Waals surface area contributed by atoms with Gasteiger partial charge in [-0.05, 0) is 30.3 Å². The second kappa shape index (κ2) is 9.22. The zero-order valence-corrected chi connectivity index (χ0v) is 19.2. The predicted molar refractivity (Wildman–Crippen MR) is 119 cm³/mol. The Kier molecular flexibility index (Phi) is 6.57. The van der Waals surface area contributed by atoms with Crippen LogP contribution >= 0.6 is 0 Å². The number of hydroxylamine groups is 2. The molecule has 2 aromatic rings. The van der Waals surface area contributed by atoms with Crippen LogP contribution in [-0.4, -0.2) is 77.1 Å². The molecule has 0 spiro atoms. The summed E-state index contributed by atoms with van der Waals surface area (Å²) in [5.41, 5.74) is 1.18. The number of piperazine rings is 1. The van der Waals surface area contributed by atoms with Crippen LogP contribution in [0.15, 0.2) is 42.5 Å². The molecule has 2 saturated heterocycles. The average molecular weight is 466 g/mol. The molecule has 174 valence electrons. The van der Waals surface area contributed by atoms with Crippen LogP contribution in [0.2, 0.25) is 0 Å². The fourth-order valence-corrected chi connectivity index (χ4v) is 6.33. The maximum Gasteiger partial charge on any atom is 0.221 e. The van der Waals surface area contributed by atoms with E-state index in [4.69, 9.17) is 14.3 Å². The predicted octanol–water partition coefficient (Wildman–Crippen LogP) is 2.28. The second-order valence-corrected chi connectivity index (χ2v) is 9.97. The van der Waals surface area contributed by atoms with Crippen molar-refractivity contribution in [3.63, 3.8) is 0 Å². The Labute approximate surface area is 188 Å². The lowest BCUT2D eigenvalue weighted by atomic mass is 10.0. The summed E-state index contributed by atoms with van der Waals surface area (Å²) in [6.45, 7) is 1.42. The van der Waals surface area contributed by atoms with Crippen molar-refractivity contribution in [1.29, 1.82) is 0 Å². The van der Waals surface area contributed by atoms with Crippen LogP contribution in [0.3, 0.4) is 0 Å². The summed E-state index contributed by atoms with van der Waals surface area (Å²) < 4.78 is 53.7. The van der Waals surface area contributed by atoms with E-state index in [0.29, 0.717) is 35.8 Å². The summed E-state index contributed by atoms with van der Waals surface area (Å²) in [6.07, 6.45) is 0. The van der Waals surface area contributed by atoms with E-state index in [-0.39, 0.29) is 25.5 Å². The molecule has 0 saturated carbocycles. The lowest BCUT2D eigenvalue weighted by Gasteiger charge is -2.37. The van der Waals surface area contributed by atoms with Crippen molar-refractivity contribution in [2.75, 3.05) is 59.0 Å². The summed E-state index contributed by atoms with van der Waals surface area (Å²) in [7, 11) is 1.12. The van der Waals surface area contributed by atoms with Crippen LogP contribution in [0.1, 0.15) is 11.6 Å². The number of benzene rings is 2. The maximum atomic E-state index is 14.1. The van der Waals surface area contributed by atoms with E-state index in [1.807, 2.05) is 4.90 Å². The number of sulfonamides is 1. The van der Waals surface area contributed by atoms with E-state index in [1.54, 1.807) is 62.7 Å². The third-order valence-corrected chi connectivity index (χ3v) is 8.36. The minimum Gasteiger partial charge on any atom is -0.497 e. The fourth-order valence-electron chi connectivity index (χ4n) is 4.40. The van der Waals surface area contributed by atoms with Crippen LogP contribution in [0.5, 0.6) is 11.5 Å². The van der Waals surface area contributed by atoms with Gasteiger partial charge in [0.1, 0.15) is 22.6 Å². The molecule has 2 heterocycles. The number of rotatable bonds is 6. The number of methoxy groups -OCH3 is 2. The number of halogens is 1. The molecule has 2 fully saturated rings. The van der Waals surface area contributed by atoms with Gasteiger partial charge in [0.05, 0.1) is 32.6 Å². The van der Waals surface area contributed by atoms with Crippen LogP contribution in [-0.2, 0) is 14.9 Å². The van der Waals surface area contributed by atoms with Crippen molar-refractivity contribution in [3.05, 3.63) is 53.8 Å². The van der Waals surface area contributed by atoms with Gasteiger partial charge in [-0.2, -0.15) is 9.37 Å². The van der Waals surface area contributed by atoms with Crippen molar-refractivity contribution in [1.82, 2.24) is 9.37 Å². The molecule has 0 N–H and O–H groups in total. The van der Waals surface area contributed by atoms with E-state index in [0.717, 1.165) is 0 Å². The highest BCUT2D eigenvalue weighted by Crippen LogP contribution is 2.41. The SMILES string of the molecule is COc1ccc(OC)c([C@H]2[C@@H](S(=O)(=O)N3CCN(c4ccccc4F)CC3)CON2C)c1. The zero-order chi connectivity index (χ0) is 22.9. The number of nitrogens with zero attached hydrogens (tertiary/aromatic N) is 3. The molecule has 4 rings (SSSR count). The standard InChI is InChI=1S/C22H28FN3O5S/c1-24-22(17-14-16(29-2)8-9-20(17)30-3)21(15-31-24)32(27,28)26-12-10-25(11-13-26)19-7-5-4-6-18(19)23/h4-9,14,21-22H,10-13,15H2,1-3H3/t21-,22-/m0/s1. The van der Waals surface area contributed by atoms with E-state index >= 15 is 0 Å². The molecule has 0 aliphatic carbocycles. The molecule has 2 aliphatic rings. The molecule has 2 aromatic carbocycles. The summed E-state index contributed by atoms with van der Waals surface area (Å²) in [6, 6.07) is 11.3. The van der Waals surface area contributed by atoms with Gasteiger partial charge in [-0.15, -0.1) is 0 Å². The third kappa shape index (κ3) is 4.15. The van der Waals surface area contributed by atoms with Crippen LogP contribution in [0.4, 0.5) is 10.1 Å². The smallest absolute Gasteiger partial charge is 0.221 e. The highest BCUT2D eigenvalue weighted by atomic mass is 32.2. The van der Waals surface area contributed by atoms with E-state index < -0.39 is 21.3 Å². The summed E-state index contributed by atoms with van der Waals surface area (Å²) in [5.74, 6) is 0.869. The van der Waals surface area contributed by atoms with Gasteiger partial charge in [0.25, 0.3) is 0 Å². The van der Waals surface area contributed by atoms with Crippen molar-refractivity contribution in [2.24, 2.45) is 0 Å². The Morgan fingerprint density at radius 1 is 1.03 bits per heavy atom. The molecule has 0 unspecified atom stereocenters. The van der Waals surface area contributed by atoms with Gasteiger partial charge in [-0.1, -0.05) is 12.1 Å². The van der Waals surface area contributed by atoms with Crippen molar-refractivity contribution >= 4 is 15.7 Å². The van der Waals surface area contributed by atoms with Gasteiger partial charge in [0, 0.05) is 38.8 Å². The molecular weight excluding hydrogens is 437 g/mol. The Morgan fingerprint density at radius 2 is 1.75 bits per heavy atom. The molecule has 32 heavy (non-hydrogen) atoms. The topological polar surface area (TPSA) is 71.5 Å². The quantitative estimate of drug-likeness (QED) is 0.648. The summed E-state index contributed by atoms with van der Waals surface area (Å²) >= 11 is 0. The second-order valence-electron chi connectivity index (χ2n) is 7.82. The molecule has 0 bridgehead atoms. The van der Waals surface area contributed by atoms with Gasteiger partial charge >= 0.3 is 0 Å². The van der Waals surface area contributed by atoms with Crippen molar-refractivity contribution in [3.8, 4) is 11.5 Å².